The molecule has 0 aromatic heterocycles. The molecule has 76 valence electrons. The quantitative estimate of drug-likeness (QED) is 0.632. The molecule has 1 aliphatic heterocycles. The highest BCUT2D eigenvalue weighted by molar-refractivity contribution is 7.91. The third-order valence-electron chi connectivity index (χ3n) is 2.26. The Labute approximate surface area is 78.8 Å². The van der Waals surface area contributed by atoms with Crippen LogP contribution >= 0.6 is 0 Å². The maximum absolute atomic E-state index is 11.3. The molecule has 0 radical (unpaired) electrons. The molecule has 1 amide bonds. The molecule has 0 aromatic rings. The van der Waals surface area contributed by atoms with E-state index in [1.165, 1.54) is 6.26 Å². The maximum Gasteiger partial charge on any atom is 0.225 e. The average molecular weight is 205 g/mol. The monoisotopic (exact) mass is 205 g/mol. The highest BCUT2D eigenvalue weighted by Crippen LogP contribution is 2.17. The molecule has 5 heteroatoms. The minimum atomic E-state index is -2.95. The SMILES string of the molecule is CC(C)C(=O)N1CC(S(C)(=O)=O)C1. The molecule has 0 spiro atoms. The molecule has 1 rings (SSSR count). The van der Waals surface area contributed by atoms with Crippen molar-refractivity contribution in [3.05, 3.63) is 0 Å². The van der Waals surface area contributed by atoms with Crippen LogP contribution in [0.25, 0.3) is 0 Å². The first-order valence-corrected chi connectivity index (χ1v) is 6.25. The normalized spacial score (nSPS) is 18.9. The van der Waals surface area contributed by atoms with Gasteiger partial charge in [-0.2, -0.15) is 0 Å². The Morgan fingerprint density at radius 3 is 2.15 bits per heavy atom. The molecular formula is C8H15NO3S. The van der Waals surface area contributed by atoms with Gasteiger partial charge in [0, 0.05) is 25.3 Å². The molecule has 1 fully saturated rings. The fraction of sp³-hybridized carbons (Fsp3) is 0.875. The van der Waals surface area contributed by atoms with Gasteiger partial charge in [-0.1, -0.05) is 13.8 Å². The first-order valence-electron chi connectivity index (χ1n) is 4.30. The van der Waals surface area contributed by atoms with Gasteiger partial charge in [0.05, 0.1) is 5.25 Å². The Morgan fingerprint density at radius 2 is 1.85 bits per heavy atom. The van der Waals surface area contributed by atoms with Gasteiger partial charge >= 0.3 is 0 Å². The van der Waals surface area contributed by atoms with E-state index in [1.54, 1.807) is 4.90 Å². The fourth-order valence-electron chi connectivity index (χ4n) is 1.25. The summed E-state index contributed by atoms with van der Waals surface area (Å²) < 4.78 is 22.0. The number of carbonyl (C=O) groups is 1. The van der Waals surface area contributed by atoms with Gasteiger partial charge in [-0.05, 0) is 0 Å². The lowest BCUT2D eigenvalue weighted by Crippen LogP contribution is -2.57. The molecule has 4 nitrogen and oxygen atoms in total. The lowest BCUT2D eigenvalue weighted by Gasteiger charge is -2.38. The number of hydrogen-bond acceptors (Lipinski definition) is 3. The third-order valence-corrected chi connectivity index (χ3v) is 3.77. The summed E-state index contributed by atoms with van der Waals surface area (Å²) in [6.45, 7) is 4.37. The molecule has 13 heavy (non-hydrogen) atoms. The highest BCUT2D eigenvalue weighted by Gasteiger charge is 2.37. The van der Waals surface area contributed by atoms with Gasteiger partial charge in [0.15, 0.2) is 9.84 Å². The van der Waals surface area contributed by atoms with Crippen molar-refractivity contribution in [3.8, 4) is 0 Å². The van der Waals surface area contributed by atoms with E-state index in [0.29, 0.717) is 13.1 Å². The lowest BCUT2D eigenvalue weighted by atomic mass is 10.1. The van der Waals surface area contributed by atoms with Crippen molar-refractivity contribution in [2.75, 3.05) is 19.3 Å². The van der Waals surface area contributed by atoms with E-state index in [9.17, 15) is 13.2 Å². The summed E-state index contributed by atoms with van der Waals surface area (Å²) in [6.07, 6.45) is 1.22. The summed E-state index contributed by atoms with van der Waals surface area (Å²) in [4.78, 5) is 12.9. The number of sulfone groups is 1. The molecule has 0 unspecified atom stereocenters. The topological polar surface area (TPSA) is 54.5 Å². The van der Waals surface area contributed by atoms with Crippen molar-refractivity contribution in [1.82, 2.24) is 4.90 Å². The van der Waals surface area contributed by atoms with Gasteiger partial charge in [-0.3, -0.25) is 4.79 Å². The maximum atomic E-state index is 11.3. The molecule has 0 N–H and O–H groups in total. The van der Waals surface area contributed by atoms with Crippen molar-refractivity contribution in [2.24, 2.45) is 5.92 Å². The van der Waals surface area contributed by atoms with Gasteiger partial charge in [-0.15, -0.1) is 0 Å². The summed E-state index contributed by atoms with van der Waals surface area (Å²) in [5, 5.41) is -0.338. The predicted molar refractivity (Wildman–Crippen MR) is 50.0 cm³/mol. The number of carbonyl (C=O) groups excluding carboxylic acids is 1. The van der Waals surface area contributed by atoms with Crippen LogP contribution in [0.4, 0.5) is 0 Å². The van der Waals surface area contributed by atoms with Crippen molar-refractivity contribution < 1.29 is 13.2 Å². The van der Waals surface area contributed by atoms with Gasteiger partial charge < -0.3 is 4.90 Å². The van der Waals surface area contributed by atoms with Crippen LogP contribution in [0, 0.1) is 5.92 Å². The van der Waals surface area contributed by atoms with E-state index in [2.05, 4.69) is 0 Å². The van der Waals surface area contributed by atoms with Crippen molar-refractivity contribution >= 4 is 15.7 Å². The standard InChI is InChI=1S/C8H15NO3S/c1-6(2)8(10)9-4-7(5-9)13(3,11)12/h6-7H,4-5H2,1-3H3. The van der Waals surface area contributed by atoms with Crippen molar-refractivity contribution in [3.63, 3.8) is 0 Å². The van der Waals surface area contributed by atoms with E-state index in [4.69, 9.17) is 0 Å². The molecule has 1 heterocycles. The summed E-state index contributed by atoms with van der Waals surface area (Å²) >= 11 is 0. The van der Waals surface area contributed by atoms with Crippen LogP contribution in [-0.2, 0) is 14.6 Å². The first-order chi connectivity index (χ1) is 5.82. The Bertz CT molecular complexity index is 301. The van der Waals surface area contributed by atoms with E-state index >= 15 is 0 Å². The van der Waals surface area contributed by atoms with Gasteiger partial charge in [0.1, 0.15) is 0 Å². The second-order valence-corrected chi connectivity index (χ2v) is 6.18. The summed E-state index contributed by atoms with van der Waals surface area (Å²) in [6, 6.07) is 0. The lowest BCUT2D eigenvalue weighted by molar-refractivity contribution is -0.137. The van der Waals surface area contributed by atoms with Gasteiger partial charge in [0.25, 0.3) is 0 Å². The molecule has 0 bridgehead atoms. The van der Waals surface area contributed by atoms with Gasteiger partial charge in [0.2, 0.25) is 5.91 Å². The molecule has 0 saturated carbocycles. The Morgan fingerprint density at radius 1 is 1.38 bits per heavy atom. The van der Waals surface area contributed by atoms with Crippen LogP contribution in [-0.4, -0.2) is 43.8 Å². The Kier molecular flexibility index (Phi) is 2.66. The zero-order valence-corrected chi connectivity index (χ0v) is 8.97. The summed E-state index contributed by atoms with van der Waals surface area (Å²) in [7, 11) is -2.95. The van der Waals surface area contributed by atoms with Crippen LogP contribution in [0.15, 0.2) is 0 Å². The molecule has 0 aromatic carbocycles. The van der Waals surface area contributed by atoms with E-state index in [0.717, 1.165) is 0 Å². The highest BCUT2D eigenvalue weighted by atomic mass is 32.2. The van der Waals surface area contributed by atoms with Crippen LogP contribution < -0.4 is 0 Å². The van der Waals surface area contributed by atoms with Crippen LogP contribution in [0.3, 0.4) is 0 Å². The second kappa shape index (κ2) is 3.29. The Hall–Kier alpha value is -0.580. The fourth-order valence-corrected chi connectivity index (χ4v) is 2.16. The van der Waals surface area contributed by atoms with Gasteiger partial charge in [-0.25, -0.2) is 8.42 Å². The summed E-state index contributed by atoms with van der Waals surface area (Å²) in [5.74, 6) is 0.000380. The second-order valence-electron chi connectivity index (χ2n) is 3.85. The minimum Gasteiger partial charge on any atom is -0.340 e. The average Bonchev–Trinajstić information content (AvgIpc) is 1.79. The van der Waals surface area contributed by atoms with E-state index < -0.39 is 9.84 Å². The molecule has 0 aliphatic carbocycles. The molecule has 1 aliphatic rings. The molecule has 1 saturated heterocycles. The van der Waals surface area contributed by atoms with E-state index in [-0.39, 0.29) is 17.1 Å². The number of amides is 1. The third kappa shape index (κ3) is 2.21. The molecular weight excluding hydrogens is 190 g/mol. The number of likely N-dealkylation sites (tertiary alicyclic amines) is 1. The number of nitrogens with zero attached hydrogens (tertiary/aromatic N) is 1. The zero-order valence-electron chi connectivity index (χ0n) is 8.15. The van der Waals surface area contributed by atoms with Crippen LogP contribution in [0.1, 0.15) is 13.8 Å². The number of hydrogen-bond donors (Lipinski definition) is 0. The number of rotatable bonds is 2. The zero-order chi connectivity index (χ0) is 10.2. The van der Waals surface area contributed by atoms with Crippen molar-refractivity contribution in [1.29, 1.82) is 0 Å². The summed E-state index contributed by atoms with van der Waals surface area (Å²) in [5.41, 5.74) is 0. The molecule has 0 atom stereocenters. The van der Waals surface area contributed by atoms with E-state index in [1.807, 2.05) is 13.8 Å². The largest absolute Gasteiger partial charge is 0.340 e. The van der Waals surface area contributed by atoms with Crippen LogP contribution in [0.2, 0.25) is 0 Å². The smallest absolute Gasteiger partial charge is 0.225 e. The van der Waals surface area contributed by atoms with Crippen molar-refractivity contribution in [2.45, 2.75) is 19.1 Å². The minimum absolute atomic E-state index is 0.0412. The van der Waals surface area contributed by atoms with Crippen LogP contribution in [0.5, 0.6) is 0 Å². The Balaban J connectivity index is 2.47. The predicted octanol–water partition coefficient (Wildman–Crippen LogP) is -0.102. The first kappa shape index (κ1) is 10.5.